The molecular weight excluding hydrogens is 462 g/mol. The summed E-state index contributed by atoms with van der Waals surface area (Å²) in [5.74, 6) is 0.674. The van der Waals surface area contributed by atoms with Crippen LogP contribution in [0.25, 0.3) is 0 Å². The second-order valence-electron chi connectivity index (χ2n) is 9.49. The van der Waals surface area contributed by atoms with Crippen molar-refractivity contribution in [1.82, 2.24) is 14.7 Å². The molecule has 0 fully saturated rings. The van der Waals surface area contributed by atoms with Crippen molar-refractivity contribution in [2.24, 2.45) is 0 Å². The number of amides is 1. The second kappa shape index (κ2) is 8.57. The van der Waals surface area contributed by atoms with Gasteiger partial charge in [-0.2, -0.15) is 5.10 Å². The van der Waals surface area contributed by atoms with Crippen LogP contribution in [0.5, 0.6) is 0 Å². The van der Waals surface area contributed by atoms with Gasteiger partial charge in [-0.1, -0.05) is 35.9 Å². The van der Waals surface area contributed by atoms with Gasteiger partial charge in [0, 0.05) is 18.3 Å². The fraction of sp³-hybridized carbons (Fsp3) is 0.308. The number of aryl methyl sites for hydroxylation is 1. The molecule has 1 atom stereocenters. The van der Waals surface area contributed by atoms with Gasteiger partial charge in [0.2, 0.25) is 10.0 Å². The average molecular weight is 492 g/mol. The molecule has 0 aliphatic carbocycles. The summed E-state index contributed by atoms with van der Waals surface area (Å²) in [4.78, 5) is 15.8. The Balaban J connectivity index is 1.57. The van der Waals surface area contributed by atoms with Crippen LogP contribution < -0.4 is 10.0 Å². The molecule has 3 aromatic rings. The first kappa shape index (κ1) is 23.2. The Kier molecular flexibility index (Phi) is 5.67. The third-order valence-electron chi connectivity index (χ3n) is 6.69. The first-order valence-corrected chi connectivity index (χ1v) is 13.5. The quantitative estimate of drug-likeness (QED) is 0.570. The van der Waals surface area contributed by atoms with Crippen LogP contribution in [0, 0.1) is 6.92 Å². The van der Waals surface area contributed by atoms with Gasteiger partial charge in [-0.15, -0.1) is 0 Å². The molecule has 182 valence electrons. The van der Waals surface area contributed by atoms with E-state index in [4.69, 9.17) is 5.10 Å². The van der Waals surface area contributed by atoms with Crippen molar-refractivity contribution < 1.29 is 13.2 Å². The van der Waals surface area contributed by atoms with Gasteiger partial charge in [0.05, 0.1) is 35.8 Å². The number of aromatic nitrogens is 2. The molecule has 35 heavy (non-hydrogen) atoms. The van der Waals surface area contributed by atoms with E-state index >= 15 is 0 Å². The minimum atomic E-state index is -3.55. The third kappa shape index (κ3) is 4.55. The summed E-state index contributed by atoms with van der Waals surface area (Å²) in [6, 6.07) is 15.0. The number of sulfonamides is 1. The van der Waals surface area contributed by atoms with E-state index in [0.29, 0.717) is 25.1 Å². The molecule has 9 heteroatoms. The molecule has 0 saturated carbocycles. The van der Waals surface area contributed by atoms with Crippen LogP contribution in [0.3, 0.4) is 0 Å². The Morgan fingerprint density at radius 2 is 1.80 bits per heavy atom. The van der Waals surface area contributed by atoms with E-state index in [1.807, 2.05) is 47.7 Å². The number of nitrogens with one attached hydrogen (secondary N) is 2. The van der Waals surface area contributed by atoms with Crippen molar-refractivity contribution in [2.75, 3.05) is 16.3 Å². The molecule has 0 radical (unpaired) electrons. The maximum absolute atomic E-state index is 14.0. The molecule has 1 amide bonds. The summed E-state index contributed by atoms with van der Waals surface area (Å²) in [5, 5.41) is 8.28. The summed E-state index contributed by atoms with van der Waals surface area (Å²) in [5.41, 5.74) is 6.88. The van der Waals surface area contributed by atoms with Crippen LogP contribution in [0.15, 0.2) is 59.8 Å². The normalized spacial score (nSPS) is 17.5. The molecule has 2 aromatic carbocycles. The molecule has 3 heterocycles. The lowest BCUT2D eigenvalue weighted by Crippen LogP contribution is -2.39. The minimum Gasteiger partial charge on any atom is -0.344 e. The van der Waals surface area contributed by atoms with Gasteiger partial charge in [-0.05, 0) is 56.0 Å². The number of hydrogen-bond acceptors (Lipinski definition) is 5. The molecule has 1 aromatic heterocycles. The predicted octanol–water partition coefficient (Wildman–Crippen LogP) is 4.22. The van der Waals surface area contributed by atoms with E-state index in [-0.39, 0.29) is 17.6 Å². The molecule has 0 bridgehead atoms. The van der Waals surface area contributed by atoms with Gasteiger partial charge in [0.15, 0.2) is 0 Å². The number of carbonyl (C=O) groups excluding carboxylic acids is 1. The lowest BCUT2D eigenvalue weighted by atomic mass is 9.91. The number of carbonyl (C=O) groups is 1. The third-order valence-corrected chi connectivity index (χ3v) is 7.28. The zero-order valence-corrected chi connectivity index (χ0v) is 21.1. The predicted molar refractivity (Wildman–Crippen MR) is 137 cm³/mol. The first-order chi connectivity index (χ1) is 16.6. The van der Waals surface area contributed by atoms with Crippen LogP contribution in [0.2, 0.25) is 0 Å². The minimum absolute atomic E-state index is 0.233. The fourth-order valence-electron chi connectivity index (χ4n) is 4.74. The number of anilines is 2. The highest BCUT2D eigenvalue weighted by atomic mass is 32.2. The summed E-state index contributed by atoms with van der Waals surface area (Å²) in [6.45, 7) is 7.12. The number of nitrogens with zero attached hydrogens (tertiary/aromatic N) is 3. The number of hydrogen-bond donors (Lipinski definition) is 2. The standard InChI is InChI=1S/C26H29N5O3S/c1-16-9-10-22(29-35(4,33)34)21(11-16)26(32)30-15-20-8-6-5-7-19(20)12-24(30)23-13-25-27-18(3)17(2)14-31(25)28-23/h5-11,13,24,27,29H,12,14-15H2,1-4H3/t24-/m0/s1. The van der Waals surface area contributed by atoms with Gasteiger partial charge in [0.25, 0.3) is 5.91 Å². The van der Waals surface area contributed by atoms with E-state index in [0.717, 1.165) is 34.6 Å². The molecule has 5 rings (SSSR count). The molecule has 2 aliphatic rings. The highest BCUT2D eigenvalue weighted by Gasteiger charge is 2.35. The van der Waals surface area contributed by atoms with Gasteiger partial charge in [0.1, 0.15) is 5.82 Å². The van der Waals surface area contributed by atoms with Crippen LogP contribution in [0.4, 0.5) is 11.5 Å². The average Bonchev–Trinajstić information content (AvgIpc) is 3.20. The van der Waals surface area contributed by atoms with Gasteiger partial charge >= 0.3 is 0 Å². The van der Waals surface area contributed by atoms with E-state index in [2.05, 4.69) is 23.0 Å². The van der Waals surface area contributed by atoms with Crippen molar-refractivity contribution in [3.8, 4) is 0 Å². The zero-order chi connectivity index (χ0) is 24.9. The SMILES string of the molecule is CC1=C(C)Nc2cc([C@@H]3Cc4ccccc4CN3C(=O)c3cc(C)ccc3NS(C)(=O)=O)nn2C1. The number of benzene rings is 2. The maximum atomic E-state index is 14.0. The molecular formula is C26H29N5O3S. The monoisotopic (exact) mass is 491 g/mol. The summed E-state index contributed by atoms with van der Waals surface area (Å²) < 4.78 is 28.4. The Labute approximate surface area is 205 Å². The van der Waals surface area contributed by atoms with Gasteiger partial charge in [-0.25, -0.2) is 13.1 Å². The molecule has 0 spiro atoms. The highest BCUT2D eigenvalue weighted by Crippen LogP contribution is 2.37. The largest absolute Gasteiger partial charge is 0.344 e. The summed E-state index contributed by atoms with van der Waals surface area (Å²) >= 11 is 0. The lowest BCUT2D eigenvalue weighted by molar-refractivity contribution is 0.0633. The van der Waals surface area contributed by atoms with Gasteiger partial charge in [-0.3, -0.25) is 9.52 Å². The second-order valence-corrected chi connectivity index (χ2v) is 11.2. The number of fused-ring (bicyclic) bond motifs is 2. The maximum Gasteiger partial charge on any atom is 0.256 e. The smallest absolute Gasteiger partial charge is 0.256 e. The van der Waals surface area contributed by atoms with Crippen molar-refractivity contribution in [3.05, 3.63) is 87.7 Å². The van der Waals surface area contributed by atoms with E-state index in [9.17, 15) is 13.2 Å². The lowest BCUT2D eigenvalue weighted by Gasteiger charge is -2.36. The summed E-state index contributed by atoms with van der Waals surface area (Å²) in [7, 11) is -3.55. The highest BCUT2D eigenvalue weighted by molar-refractivity contribution is 7.92. The molecule has 2 aliphatic heterocycles. The molecule has 2 N–H and O–H groups in total. The molecule has 0 unspecified atom stereocenters. The number of rotatable bonds is 4. The van der Waals surface area contributed by atoms with Gasteiger partial charge < -0.3 is 10.2 Å². The van der Waals surface area contributed by atoms with Crippen molar-refractivity contribution in [3.63, 3.8) is 0 Å². The topological polar surface area (TPSA) is 96.3 Å². The van der Waals surface area contributed by atoms with E-state index in [1.54, 1.807) is 18.2 Å². The van der Waals surface area contributed by atoms with Crippen molar-refractivity contribution >= 4 is 27.4 Å². The van der Waals surface area contributed by atoms with E-state index in [1.165, 1.54) is 11.1 Å². The zero-order valence-electron chi connectivity index (χ0n) is 20.3. The first-order valence-electron chi connectivity index (χ1n) is 11.6. The Bertz CT molecular complexity index is 1440. The molecule has 0 saturated heterocycles. The van der Waals surface area contributed by atoms with Crippen molar-refractivity contribution in [1.29, 1.82) is 0 Å². The number of allylic oxidation sites excluding steroid dienone is 2. The molecule has 8 nitrogen and oxygen atoms in total. The van der Waals surface area contributed by atoms with E-state index < -0.39 is 10.0 Å². The van der Waals surface area contributed by atoms with Crippen LogP contribution in [-0.2, 0) is 29.5 Å². The fourth-order valence-corrected chi connectivity index (χ4v) is 5.32. The van der Waals surface area contributed by atoms with Crippen LogP contribution in [-0.4, -0.2) is 35.3 Å². The Hall–Kier alpha value is -3.59. The van der Waals surface area contributed by atoms with Crippen molar-refractivity contribution in [2.45, 2.75) is 46.3 Å². The Morgan fingerprint density at radius 1 is 1.06 bits per heavy atom. The van der Waals surface area contributed by atoms with Crippen LogP contribution >= 0.6 is 0 Å². The van der Waals surface area contributed by atoms with Crippen LogP contribution in [0.1, 0.15) is 52.6 Å². The summed E-state index contributed by atoms with van der Waals surface area (Å²) in [6.07, 6.45) is 1.71. The Morgan fingerprint density at radius 3 is 2.54 bits per heavy atom.